The van der Waals surface area contributed by atoms with Gasteiger partial charge < -0.3 is 14.1 Å². The number of likely N-dealkylation sites (N-methyl/N-ethyl adjacent to an activating group) is 1. The molecule has 0 bridgehead atoms. The molecule has 1 aliphatic carbocycles. The third-order valence-electron chi connectivity index (χ3n) is 3.54. The van der Waals surface area contributed by atoms with Crippen LogP contribution >= 0.6 is 0 Å². The van der Waals surface area contributed by atoms with E-state index >= 15 is 0 Å². The average molecular weight is 267 g/mol. The summed E-state index contributed by atoms with van der Waals surface area (Å²) in [7, 11) is 2.87. The Morgan fingerprint density at radius 2 is 2.05 bits per heavy atom. The zero-order chi connectivity index (χ0) is 14.2. The number of nitrogens with zero attached hydrogens (tertiary/aromatic N) is 3. The number of amides is 1. The number of rotatable bonds is 4. The Balaban J connectivity index is 2.18. The van der Waals surface area contributed by atoms with Crippen molar-refractivity contribution in [1.82, 2.24) is 15.1 Å². The molecule has 1 aromatic rings. The maximum absolute atomic E-state index is 12.5. The largest absolute Gasteiger partial charge is 0.467 e. The van der Waals surface area contributed by atoms with Crippen molar-refractivity contribution in [1.29, 1.82) is 0 Å². The van der Waals surface area contributed by atoms with Crippen molar-refractivity contribution in [3.05, 3.63) is 11.8 Å². The number of methoxy groups -OCH3 is 1. The summed E-state index contributed by atoms with van der Waals surface area (Å²) in [5.41, 5.74) is -0.752. The molecular weight excluding hydrogens is 250 g/mol. The molecule has 1 amide bonds. The minimum atomic E-state index is -0.752. The SMILES string of the molecule is COC(=O)C(C)N(C)C(=O)C1(c2nnc(C)o2)CC1. The topological polar surface area (TPSA) is 85.5 Å². The van der Waals surface area contributed by atoms with Crippen molar-refractivity contribution in [2.75, 3.05) is 14.2 Å². The number of hydrogen-bond acceptors (Lipinski definition) is 6. The average Bonchev–Trinajstić information content (AvgIpc) is 3.11. The quantitative estimate of drug-likeness (QED) is 0.735. The van der Waals surface area contributed by atoms with Gasteiger partial charge in [-0.1, -0.05) is 0 Å². The van der Waals surface area contributed by atoms with Gasteiger partial charge in [0.25, 0.3) is 0 Å². The first-order valence-electron chi connectivity index (χ1n) is 6.08. The monoisotopic (exact) mass is 267 g/mol. The highest BCUT2D eigenvalue weighted by atomic mass is 16.5. The molecule has 0 aromatic carbocycles. The molecule has 0 aliphatic heterocycles. The zero-order valence-electron chi connectivity index (χ0n) is 11.5. The van der Waals surface area contributed by atoms with Gasteiger partial charge in [-0.25, -0.2) is 4.79 Å². The maximum atomic E-state index is 12.5. The second-order valence-electron chi connectivity index (χ2n) is 4.82. The summed E-state index contributed by atoms with van der Waals surface area (Å²) in [5.74, 6) is 0.124. The first kappa shape index (κ1) is 13.5. The van der Waals surface area contributed by atoms with Gasteiger partial charge in [-0.3, -0.25) is 4.79 Å². The number of aryl methyl sites for hydroxylation is 1. The second kappa shape index (κ2) is 4.64. The van der Waals surface area contributed by atoms with Crippen LogP contribution in [0.4, 0.5) is 0 Å². The molecule has 1 saturated carbocycles. The van der Waals surface area contributed by atoms with Crippen LogP contribution in [0.5, 0.6) is 0 Å². The molecule has 7 nitrogen and oxygen atoms in total. The number of esters is 1. The van der Waals surface area contributed by atoms with Crippen molar-refractivity contribution in [2.24, 2.45) is 0 Å². The van der Waals surface area contributed by atoms with Crippen LogP contribution in [0, 0.1) is 6.92 Å². The Bertz CT molecular complexity index is 507. The van der Waals surface area contributed by atoms with Crippen LogP contribution in [-0.4, -0.2) is 47.2 Å². The predicted molar refractivity (Wildman–Crippen MR) is 64.2 cm³/mol. The molecule has 1 aromatic heterocycles. The summed E-state index contributed by atoms with van der Waals surface area (Å²) in [6.45, 7) is 3.30. The normalized spacial score (nSPS) is 17.7. The summed E-state index contributed by atoms with van der Waals surface area (Å²) < 4.78 is 10.0. The van der Waals surface area contributed by atoms with Crippen molar-refractivity contribution in [2.45, 2.75) is 38.1 Å². The molecule has 1 heterocycles. The van der Waals surface area contributed by atoms with Gasteiger partial charge >= 0.3 is 5.97 Å². The third-order valence-corrected chi connectivity index (χ3v) is 3.54. The van der Waals surface area contributed by atoms with Gasteiger partial charge in [0.1, 0.15) is 11.5 Å². The fraction of sp³-hybridized carbons (Fsp3) is 0.667. The number of ether oxygens (including phenoxy) is 1. The smallest absolute Gasteiger partial charge is 0.328 e. The minimum absolute atomic E-state index is 0.186. The lowest BCUT2D eigenvalue weighted by Gasteiger charge is -2.25. The molecule has 1 fully saturated rings. The van der Waals surface area contributed by atoms with Crippen LogP contribution in [0.1, 0.15) is 31.5 Å². The van der Waals surface area contributed by atoms with E-state index in [-0.39, 0.29) is 5.91 Å². The van der Waals surface area contributed by atoms with Crippen LogP contribution < -0.4 is 0 Å². The molecule has 1 unspecified atom stereocenters. The van der Waals surface area contributed by atoms with E-state index in [2.05, 4.69) is 14.9 Å². The van der Waals surface area contributed by atoms with Gasteiger partial charge in [-0.15, -0.1) is 10.2 Å². The van der Waals surface area contributed by atoms with Crippen LogP contribution in [-0.2, 0) is 19.7 Å². The fourth-order valence-electron chi connectivity index (χ4n) is 1.98. The van der Waals surface area contributed by atoms with Gasteiger partial charge in [0, 0.05) is 14.0 Å². The molecule has 2 rings (SSSR count). The summed E-state index contributed by atoms with van der Waals surface area (Å²) in [4.78, 5) is 25.3. The minimum Gasteiger partial charge on any atom is -0.467 e. The first-order valence-corrected chi connectivity index (χ1v) is 6.08. The lowest BCUT2D eigenvalue weighted by Crippen LogP contribution is -2.45. The number of hydrogen-bond donors (Lipinski definition) is 0. The van der Waals surface area contributed by atoms with E-state index < -0.39 is 17.4 Å². The fourth-order valence-corrected chi connectivity index (χ4v) is 1.98. The van der Waals surface area contributed by atoms with Crippen molar-refractivity contribution >= 4 is 11.9 Å². The van der Waals surface area contributed by atoms with E-state index in [0.717, 1.165) is 0 Å². The molecule has 19 heavy (non-hydrogen) atoms. The summed E-state index contributed by atoms with van der Waals surface area (Å²) in [6, 6.07) is -0.640. The highest BCUT2D eigenvalue weighted by molar-refractivity contribution is 5.93. The van der Waals surface area contributed by atoms with Gasteiger partial charge in [-0.2, -0.15) is 0 Å². The van der Waals surface area contributed by atoms with Crippen LogP contribution in [0.15, 0.2) is 4.42 Å². The molecule has 104 valence electrons. The van der Waals surface area contributed by atoms with Crippen LogP contribution in [0.2, 0.25) is 0 Å². The molecule has 0 N–H and O–H groups in total. The van der Waals surface area contributed by atoms with Gasteiger partial charge in [0.15, 0.2) is 0 Å². The van der Waals surface area contributed by atoms with Crippen LogP contribution in [0.25, 0.3) is 0 Å². The highest BCUT2D eigenvalue weighted by Gasteiger charge is 2.57. The molecule has 0 radical (unpaired) electrons. The van der Waals surface area contributed by atoms with Crippen molar-refractivity contribution in [3.63, 3.8) is 0 Å². The Labute approximate surface area is 110 Å². The van der Waals surface area contributed by atoms with E-state index in [0.29, 0.717) is 24.6 Å². The van der Waals surface area contributed by atoms with E-state index in [9.17, 15) is 9.59 Å². The van der Waals surface area contributed by atoms with Gasteiger partial charge in [0.05, 0.1) is 7.11 Å². The summed E-state index contributed by atoms with van der Waals surface area (Å²) in [5, 5.41) is 7.68. The van der Waals surface area contributed by atoms with Gasteiger partial charge in [-0.05, 0) is 19.8 Å². The van der Waals surface area contributed by atoms with E-state index in [1.807, 2.05) is 0 Å². The maximum Gasteiger partial charge on any atom is 0.328 e. The van der Waals surface area contributed by atoms with Gasteiger partial charge in [0.2, 0.25) is 17.7 Å². The summed E-state index contributed by atoms with van der Waals surface area (Å²) in [6.07, 6.45) is 1.32. The Morgan fingerprint density at radius 1 is 1.42 bits per heavy atom. The Hall–Kier alpha value is -1.92. The first-order chi connectivity index (χ1) is 8.92. The lowest BCUT2D eigenvalue weighted by molar-refractivity contribution is -0.152. The highest BCUT2D eigenvalue weighted by Crippen LogP contribution is 2.49. The van der Waals surface area contributed by atoms with Crippen molar-refractivity contribution in [3.8, 4) is 0 Å². The van der Waals surface area contributed by atoms with Crippen LogP contribution in [0.3, 0.4) is 0 Å². The van der Waals surface area contributed by atoms with E-state index in [4.69, 9.17) is 4.42 Å². The third kappa shape index (κ3) is 2.20. The summed E-state index contributed by atoms with van der Waals surface area (Å²) >= 11 is 0. The zero-order valence-corrected chi connectivity index (χ0v) is 11.5. The van der Waals surface area contributed by atoms with E-state index in [1.54, 1.807) is 20.9 Å². The van der Waals surface area contributed by atoms with Crippen molar-refractivity contribution < 1.29 is 18.7 Å². The molecule has 7 heteroatoms. The molecule has 1 aliphatic rings. The molecule has 0 saturated heterocycles. The molecular formula is C12H17N3O4. The predicted octanol–water partition coefficient (Wildman–Crippen LogP) is 0.430. The van der Waals surface area contributed by atoms with E-state index in [1.165, 1.54) is 12.0 Å². The number of carbonyl (C=O) groups excluding carboxylic acids is 2. The standard InChI is InChI=1S/C12H17N3O4/c1-7(9(16)18-4)15(3)11(17)12(5-6-12)10-14-13-8(2)19-10/h7H,5-6H2,1-4H3. The molecule has 0 spiro atoms. The number of carbonyl (C=O) groups is 2. The molecule has 1 atom stereocenters. The lowest BCUT2D eigenvalue weighted by atomic mass is 10.0. The number of aromatic nitrogens is 2. The Morgan fingerprint density at radius 3 is 2.47 bits per heavy atom. The second-order valence-corrected chi connectivity index (χ2v) is 4.82. The Kier molecular flexibility index (Phi) is 3.30.